The molecule has 3 aromatic carbocycles. The second-order valence-electron chi connectivity index (χ2n) is 9.11. The van der Waals surface area contributed by atoms with Crippen LogP contribution in [0, 0.1) is 6.92 Å². The van der Waals surface area contributed by atoms with Crippen molar-refractivity contribution in [3.63, 3.8) is 0 Å². The molecule has 0 aliphatic heterocycles. The van der Waals surface area contributed by atoms with Gasteiger partial charge in [-0.05, 0) is 80.4 Å². The highest BCUT2D eigenvalue weighted by Gasteiger charge is 2.21. The number of hydrogen-bond acceptors (Lipinski definition) is 6. The summed E-state index contributed by atoms with van der Waals surface area (Å²) < 4.78 is 40.9. The van der Waals surface area contributed by atoms with Gasteiger partial charge < -0.3 is 14.0 Å². The van der Waals surface area contributed by atoms with E-state index < -0.39 is 10.0 Å². The minimum absolute atomic E-state index is 0.285. The number of hydrogen-bond donors (Lipinski definition) is 1. The topological polar surface area (TPSA) is 82.5 Å². The summed E-state index contributed by atoms with van der Waals surface area (Å²) in [7, 11) is -0.208. The van der Waals surface area contributed by atoms with Crippen LogP contribution in [0.1, 0.15) is 25.3 Å². The highest BCUT2D eigenvalue weighted by atomic mass is 32.2. The lowest BCUT2D eigenvalue weighted by Gasteiger charge is -2.13. The molecule has 7 nitrogen and oxygen atoms in total. The molecule has 0 fully saturated rings. The third-order valence-corrected chi connectivity index (χ3v) is 8.82. The predicted octanol–water partition coefficient (Wildman–Crippen LogP) is 6.41. The van der Waals surface area contributed by atoms with Gasteiger partial charge >= 0.3 is 0 Å². The number of aryl methyl sites for hydroxylation is 1. The average molecular weight is 566 g/mol. The lowest BCUT2D eigenvalue weighted by atomic mass is 10.0. The largest absolute Gasteiger partial charge is 0.497 e. The van der Waals surface area contributed by atoms with Crippen molar-refractivity contribution in [2.45, 2.75) is 43.3 Å². The van der Waals surface area contributed by atoms with E-state index in [9.17, 15) is 8.42 Å². The van der Waals surface area contributed by atoms with E-state index in [-0.39, 0.29) is 4.90 Å². The van der Waals surface area contributed by atoms with Crippen LogP contribution >= 0.6 is 11.8 Å². The zero-order chi connectivity index (χ0) is 27.8. The minimum Gasteiger partial charge on any atom is -0.497 e. The summed E-state index contributed by atoms with van der Waals surface area (Å²) in [5.41, 5.74) is 5.03. The highest BCUT2D eigenvalue weighted by Crippen LogP contribution is 2.37. The monoisotopic (exact) mass is 565 g/mol. The first-order chi connectivity index (χ1) is 18.9. The van der Waals surface area contributed by atoms with Crippen molar-refractivity contribution in [3.05, 3.63) is 78.4 Å². The lowest BCUT2D eigenvalue weighted by molar-refractivity contribution is 0.414. The van der Waals surface area contributed by atoms with Crippen molar-refractivity contribution in [2.75, 3.05) is 26.5 Å². The maximum absolute atomic E-state index is 12.6. The molecule has 4 rings (SSSR count). The van der Waals surface area contributed by atoms with Crippen LogP contribution in [0.2, 0.25) is 0 Å². The number of ether oxygens (including phenoxy) is 2. The van der Waals surface area contributed by atoms with Crippen LogP contribution in [0.5, 0.6) is 11.5 Å². The van der Waals surface area contributed by atoms with Crippen molar-refractivity contribution in [1.82, 2.24) is 14.3 Å². The molecular formula is C30H35N3O4S2. The third kappa shape index (κ3) is 7.03. The number of imidazole rings is 1. The molecule has 0 bridgehead atoms. The number of methoxy groups -OCH3 is 2. The van der Waals surface area contributed by atoms with Crippen molar-refractivity contribution < 1.29 is 17.9 Å². The van der Waals surface area contributed by atoms with Gasteiger partial charge in [0.15, 0.2) is 5.16 Å². The fourth-order valence-electron chi connectivity index (χ4n) is 4.21. The first-order valence-corrected chi connectivity index (χ1v) is 15.4. The van der Waals surface area contributed by atoms with Gasteiger partial charge in [0.05, 0.1) is 30.5 Å². The van der Waals surface area contributed by atoms with Crippen molar-refractivity contribution in [2.24, 2.45) is 0 Å². The van der Waals surface area contributed by atoms with E-state index in [1.807, 2.05) is 43.3 Å². The molecule has 0 unspecified atom stereocenters. The molecule has 0 aliphatic carbocycles. The molecule has 39 heavy (non-hydrogen) atoms. The lowest BCUT2D eigenvalue weighted by Crippen LogP contribution is -2.25. The summed E-state index contributed by atoms with van der Waals surface area (Å²) in [5, 5.41) is 0.912. The Labute approximate surface area is 235 Å². The molecule has 1 heterocycles. The Balaban J connectivity index is 1.56. The molecule has 206 valence electrons. The van der Waals surface area contributed by atoms with Crippen LogP contribution in [0.15, 0.2) is 82.8 Å². The number of benzene rings is 3. The van der Waals surface area contributed by atoms with Gasteiger partial charge in [0.25, 0.3) is 0 Å². The summed E-state index contributed by atoms with van der Waals surface area (Å²) in [5.74, 6) is 2.32. The van der Waals surface area contributed by atoms with Crippen LogP contribution in [-0.2, 0) is 16.6 Å². The van der Waals surface area contributed by atoms with E-state index in [4.69, 9.17) is 14.5 Å². The van der Waals surface area contributed by atoms with Gasteiger partial charge in [0, 0.05) is 30.0 Å². The second-order valence-corrected chi connectivity index (χ2v) is 11.9. The molecule has 0 aliphatic rings. The smallest absolute Gasteiger partial charge is 0.240 e. The van der Waals surface area contributed by atoms with Gasteiger partial charge in [-0.2, -0.15) is 0 Å². The maximum Gasteiger partial charge on any atom is 0.240 e. The summed E-state index contributed by atoms with van der Waals surface area (Å²) in [6, 6.07) is 22.9. The van der Waals surface area contributed by atoms with Gasteiger partial charge in [-0.1, -0.05) is 36.4 Å². The molecule has 0 saturated carbocycles. The number of nitrogens with one attached hydrogen (secondary N) is 1. The molecule has 4 aromatic rings. The first kappa shape index (κ1) is 28.7. The van der Waals surface area contributed by atoms with Crippen LogP contribution < -0.4 is 14.2 Å². The molecule has 0 amide bonds. The molecular weight excluding hydrogens is 530 g/mol. The highest BCUT2D eigenvalue weighted by molar-refractivity contribution is 7.99. The zero-order valence-electron chi connectivity index (χ0n) is 22.8. The van der Waals surface area contributed by atoms with Gasteiger partial charge in [0.1, 0.15) is 11.5 Å². The summed E-state index contributed by atoms with van der Waals surface area (Å²) in [4.78, 5) is 5.38. The summed E-state index contributed by atoms with van der Waals surface area (Å²) in [6.07, 6.45) is 1.62. The molecule has 1 N–H and O–H groups in total. The Bertz CT molecular complexity index is 1460. The number of rotatable bonds is 13. The minimum atomic E-state index is -3.53. The van der Waals surface area contributed by atoms with E-state index in [0.717, 1.165) is 63.5 Å². The van der Waals surface area contributed by atoms with Gasteiger partial charge in [-0.3, -0.25) is 0 Å². The number of nitrogens with zero attached hydrogens (tertiary/aromatic N) is 2. The third-order valence-electron chi connectivity index (χ3n) is 6.28. The van der Waals surface area contributed by atoms with Crippen LogP contribution in [0.25, 0.3) is 22.5 Å². The number of thioether (sulfide) groups is 1. The van der Waals surface area contributed by atoms with Crippen LogP contribution in [0.4, 0.5) is 0 Å². The molecule has 0 atom stereocenters. The SMILES string of the molecule is CCCn1c(SCCCNS(=O)(=O)c2ccc(C)cc2)nc(-c2ccc(OC)cc2)c1-c1ccc(OC)cc1. The van der Waals surface area contributed by atoms with Crippen molar-refractivity contribution in [1.29, 1.82) is 0 Å². The van der Waals surface area contributed by atoms with Gasteiger partial charge in [-0.25, -0.2) is 18.1 Å². The fraction of sp³-hybridized carbons (Fsp3) is 0.300. The fourth-order valence-corrected chi connectivity index (χ4v) is 6.25. The van der Waals surface area contributed by atoms with Gasteiger partial charge in [0.2, 0.25) is 10.0 Å². The second kappa shape index (κ2) is 13.2. The predicted molar refractivity (Wildman–Crippen MR) is 158 cm³/mol. The molecule has 9 heteroatoms. The standard InChI is InChI=1S/C30H35N3O4S2/c1-5-20-33-29(24-11-15-26(37-4)16-12-24)28(23-9-13-25(36-3)14-10-23)32-30(33)38-21-6-19-31-39(34,35)27-17-7-22(2)8-18-27/h7-18,31H,5-6,19-21H2,1-4H3. The van der Waals surface area contributed by atoms with Crippen molar-refractivity contribution >= 4 is 21.8 Å². The average Bonchev–Trinajstić information content (AvgIpc) is 3.31. The quantitative estimate of drug-likeness (QED) is 0.149. The summed E-state index contributed by atoms with van der Waals surface area (Å²) in [6.45, 7) is 5.25. The van der Waals surface area contributed by atoms with E-state index >= 15 is 0 Å². The van der Waals surface area contributed by atoms with Crippen LogP contribution in [0.3, 0.4) is 0 Å². The first-order valence-electron chi connectivity index (χ1n) is 12.9. The Hall–Kier alpha value is -3.27. The van der Waals surface area contributed by atoms with Crippen molar-refractivity contribution in [3.8, 4) is 34.0 Å². The molecule has 0 saturated heterocycles. The Kier molecular flexibility index (Phi) is 9.72. The maximum atomic E-state index is 12.6. The molecule has 0 radical (unpaired) electrons. The molecule has 1 aromatic heterocycles. The molecule has 0 spiro atoms. The van der Waals surface area contributed by atoms with Gasteiger partial charge in [-0.15, -0.1) is 0 Å². The van der Waals surface area contributed by atoms with Crippen LogP contribution in [-0.4, -0.2) is 44.5 Å². The van der Waals surface area contributed by atoms with E-state index in [1.165, 1.54) is 0 Å². The number of sulfonamides is 1. The Morgan fingerprint density at radius 3 is 2.03 bits per heavy atom. The summed E-state index contributed by atoms with van der Waals surface area (Å²) >= 11 is 1.64. The number of aromatic nitrogens is 2. The normalized spacial score (nSPS) is 11.5. The Morgan fingerprint density at radius 1 is 0.872 bits per heavy atom. The van der Waals surface area contributed by atoms with E-state index in [1.54, 1.807) is 50.2 Å². The Morgan fingerprint density at radius 2 is 1.46 bits per heavy atom. The van der Waals surface area contributed by atoms with E-state index in [0.29, 0.717) is 13.0 Å². The van der Waals surface area contributed by atoms with E-state index in [2.05, 4.69) is 28.3 Å². The zero-order valence-corrected chi connectivity index (χ0v) is 24.4.